The van der Waals surface area contributed by atoms with Gasteiger partial charge in [0.25, 0.3) is 6.47 Å². The van der Waals surface area contributed by atoms with Gasteiger partial charge in [-0.3, -0.25) is 14.4 Å². The number of hydrogen-bond donors (Lipinski definition) is 2. The number of hydrogen-bond acceptors (Lipinski definition) is 6. The van der Waals surface area contributed by atoms with Crippen molar-refractivity contribution in [3.8, 4) is 0 Å². The highest BCUT2D eigenvalue weighted by Gasteiger charge is 2.76. The Labute approximate surface area is 175 Å². The van der Waals surface area contributed by atoms with Crippen molar-refractivity contribution < 1.29 is 33.7 Å². The Hall–Kier alpha value is -1.86. The number of ether oxygens (including phenoxy) is 1. The summed E-state index contributed by atoms with van der Waals surface area (Å²) in [5, 5.41) is 20.9. The zero-order valence-corrected chi connectivity index (χ0v) is 17.6. The molecule has 8 atom stereocenters. The molecule has 4 aliphatic rings. The molecule has 0 bridgehead atoms. The highest BCUT2D eigenvalue weighted by Crippen LogP contribution is 2.71. The molecule has 0 aliphatic heterocycles. The van der Waals surface area contributed by atoms with Crippen LogP contribution >= 0.6 is 0 Å². The molecule has 0 heterocycles. The Morgan fingerprint density at radius 3 is 2.70 bits per heavy atom. The minimum atomic E-state index is -2.02. The Kier molecular flexibility index (Phi) is 4.68. The van der Waals surface area contributed by atoms with Gasteiger partial charge in [-0.25, -0.2) is 4.39 Å². The first kappa shape index (κ1) is 21.4. The monoisotopic (exact) mass is 420 g/mol. The third kappa shape index (κ3) is 2.23. The molecule has 0 aromatic heterocycles. The van der Waals surface area contributed by atoms with Gasteiger partial charge in [0.2, 0.25) is 5.78 Å². The summed E-state index contributed by atoms with van der Waals surface area (Å²) in [6, 6.07) is 0. The second-order valence-electron chi connectivity index (χ2n) is 9.93. The fourth-order valence-corrected chi connectivity index (χ4v) is 7.63. The first-order valence-electron chi connectivity index (χ1n) is 10.6. The van der Waals surface area contributed by atoms with Crippen molar-refractivity contribution in [1.82, 2.24) is 0 Å². The first-order chi connectivity index (χ1) is 14.0. The molecule has 4 rings (SSSR count). The lowest BCUT2D eigenvalue weighted by molar-refractivity contribution is -0.224. The number of fused-ring (bicyclic) bond motifs is 5. The number of ketones is 2. The number of halogens is 1. The van der Waals surface area contributed by atoms with Gasteiger partial charge >= 0.3 is 0 Å². The van der Waals surface area contributed by atoms with E-state index in [4.69, 9.17) is 4.74 Å². The van der Waals surface area contributed by atoms with Crippen molar-refractivity contribution in [3.05, 3.63) is 23.8 Å². The van der Waals surface area contributed by atoms with Gasteiger partial charge in [0.05, 0.1) is 6.10 Å². The van der Waals surface area contributed by atoms with Gasteiger partial charge in [0.15, 0.2) is 17.1 Å². The number of carbonyl (C=O) groups excluding carboxylic acids is 3. The number of Topliss-reactive ketones (excluding diaryl/α,β-unsaturated/α-hetero) is 1. The summed E-state index contributed by atoms with van der Waals surface area (Å²) in [5.41, 5.74) is -5.07. The zero-order chi connectivity index (χ0) is 22.1. The third-order valence-corrected chi connectivity index (χ3v) is 8.97. The Morgan fingerprint density at radius 1 is 1.37 bits per heavy atom. The second kappa shape index (κ2) is 6.57. The highest BCUT2D eigenvalue weighted by molar-refractivity contribution is 6.01. The fraction of sp³-hybridized carbons (Fsp3) is 0.696. The van der Waals surface area contributed by atoms with E-state index in [1.807, 2.05) is 0 Å². The van der Waals surface area contributed by atoms with Gasteiger partial charge in [0.1, 0.15) is 6.61 Å². The standard InChI is InChI=1S/C23H29FO6/c1-13-8-17-16-5-4-14-9-15(27)6-7-20(14,2)22(16,24)18(28)10-21(17,3)23(13,30-12-26)19(29)11-25/h6-7,9,12-13,16-18,25,28H,4-5,8,10-11H2,1-3H3/t13-,16-,17-,18?,20-,21-,22-,23-/m0/s1. The number of aliphatic hydroxyl groups is 2. The summed E-state index contributed by atoms with van der Waals surface area (Å²) in [6.07, 6.45) is 4.29. The molecule has 1 unspecified atom stereocenters. The molecule has 3 saturated carbocycles. The van der Waals surface area contributed by atoms with E-state index in [-0.39, 0.29) is 24.6 Å². The second-order valence-corrected chi connectivity index (χ2v) is 9.93. The molecule has 7 heteroatoms. The van der Waals surface area contributed by atoms with E-state index in [0.717, 1.165) is 0 Å². The van der Waals surface area contributed by atoms with Crippen LogP contribution in [0.5, 0.6) is 0 Å². The van der Waals surface area contributed by atoms with E-state index in [2.05, 4.69) is 0 Å². The summed E-state index contributed by atoms with van der Waals surface area (Å²) in [5.74, 6) is -2.14. The molecule has 30 heavy (non-hydrogen) atoms. The highest BCUT2D eigenvalue weighted by atomic mass is 19.1. The summed E-state index contributed by atoms with van der Waals surface area (Å²) >= 11 is 0. The third-order valence-electron chi connectivity index (χ3n) is 8.97. The van der Waals surface area contributed by atoms with Crippen LogP contribution < -0.4 is 0 Å². The predicted molar refractivity (Wildman–Crippen MR) is 105 cm³/mol. The summed E-state index contributed by atoms with van der Waals surface area (Å²) in [7, 11) is 0. The maximum atomic E-state index is 17.0. The average molecular weight is 420 g/mol. The van der Waals surface area contributed by atoms with E-state index in [0.29, 0.717) is 24.8 Å². The number of aliphatic hydroxyl groups excluding tert-OH is 2. The summed E-state index contributed by atoms with van der Waals surface area (Å²) in [4.78, 5) is 36.2. The Bertz CT molecular complexity index is 866. The van der Waals surface area contributed by atoms with Gasteiger partial charge in [-0.05, 0) is 50.7 Å². The molecule has 0 amide bonds. The molecule has 3 fully saturated rings. The minimum Gasteiger partial charge on any atom is -0.452 e. The lowest BCUT2D eigenvalue weighted by atomic mass is 9.44. The van der Waals surface area contributed by atoms with Crippen LogP contribution in [0.25, 0.3) is 0 Å². The first-order valence-corrected chi connectivity index (χ1v) is 10.6. The minimum absolute atomic E-state index is 0.0841. The average Bonchev–Trinajstić information content (AvgIpc) is 2.91. The van der Waals surface area contributed by atoms with Crippen molar-refractivity contribution in [2.45, 2.75) is 63.8 Å². The van der Waals surface area contributed by atoms with Gasteiger partial charge < -0.3 is 14.9 Å². The number of allylic oxidation sites excluding steroid dienone is 4. The van der Waals surface area contributed by atoms with Crippen LogP contribution in [0.15, 0.2) is 23.8 Å². The normalized spacial score (nSPS) is 49.5. The quantitative estimate of drug-likeness (QED) is 0.676. The van der Waals surface area contributed by atoms with Crippen LogP contribution in [0.3, 0.4) is 0 Å². The van der Waals surface area contributed by atoms with Gasteiger partial charge in [0, 0.05) is 22.7 Å². The lowest BCUT2D eigenvalue weighted by Gasteiger charge is -2.62. The molecular weight excluding hydrogens is 391 g/mol. The fourth-order valence-electron chi connectivity index (χ4n) is 7.63. The lowest BCUT2D eigenvalue weighted by Crippen LogP contribution is -2.69. The van der Waals surface area contributed by atoms with Crippen LogP contribution in [-0.2, 0) is 19.1 Å². The van der Waals surface area contributed by atoms with Crippen LogP contribution in [0.4, 0.5) is 4.39 Å². The van der Waals surface area contributed by atoms with Crippen molar-refractivity contribution >= 4 is 18.0 Å². The van der Waals surface area contributed by atoms with Crippen LogP contribution in [0.1, 0.15) is 46.5 Å². The molecule has 164 valence electrons. The number of carbonyl (C=O) groups is 3. The van der Waals surface area contributed by atoms with Gasteiger partial charge in [-0.15, -0.1) is 0 Å². The largest absolute Gasteiger partial charge is 0.452 e. The number of rotatable bonds is 4. The van der Waals surface area contributed by atoms with E-state index in [1.54, 1.807) is 26.8 Å². The van der Waals surface area contributed by atoms with Crippen LogP contribution in [0.2, 0.25) is 0 Å². The van der Waals surface area contributed by atoms with Crippen molar-refractivity contribution in [1.29, 1.82) is 0 Å². The number of alkyl halides is 1. The zero-order valence-electron chi connectivity index (χ0n) is 17.6. The Balaban J connectivity index is 1.86. The van der Waals surface area contributed by atoms with Crippen molar-refractivity contribution in [2.75, 3.05) is 6.61 Å². The molecule has 2 N–H and O–H groups in total. The van der Waals surface area contributed by atoms with E-state index in [9.17, 15) is 24.6 Å². The van der Waals surface area contributed by atoms with Gasteiger partial charge in [-0.2, -0.15) is 0 Å². The molecule has 4 aliphatic carbocycles. The summed E-state index contributed by atoms with van der Waals surface area (Å²) < 4.78 is 22.5. The van der Waals surface area contributed by atoms with Crippen molar-refractivity contribution in [2.24, 2.45) is 28.6 Å². The maximum Gasteiger partial charge on any atom is 0.294 e. The molecule has 0 radical (unpaired) electrons. The van der Waals surface area contributed by atoms with Crippen LogP contribution in [0, 0.1) is 28.6 Å². The maximum absolute atomic E-state index is 17.0. The molecule has 0 saturated heterocycles. The molecule has 0 aromatic carbocycles. The molecule has 0 spiro atoms. The summed E-state index contributed by atoms with van der Waals surface area (Å²) in [6.45, 7) is 4.71. The molecule has 0 aromatic rings. The SMILES string of the molecule is C[C@H]1C[C@H]2[C@@H]3CCC4=CC(=O)C=C[C@]4(C)[C@@]3(F)C(O)C[C@]2(C)[C@@]1(OC=O)C(=O)CO. The topological polar surface area (TPSA) is 101 Å². The smallest absolute Gasteiger partial charge is 0.294 e. The molecular formula is C23H29FO6. The van der Waals surface area contributed by atoms with E-state index < -0.39 is 52.4 Å². The van der Waals surface area contributed by atoms with Gasteiger partial charge in [-0.1, -0.05) is 25.5 Å². The van der Waals surface area contributed by atoms with E-state index in [1.165, 1.54) is 12.2 Å². The predicted octanol–water partition coefficient (Wildman–Crippen LogP) is 2.08. The van der Waals surface area contributed by atoms with E-state index >= 15 is 4.39 Å². The Morgan fingerprint density at radius 2 is 2.07 bits per heavy atom. The van der Waals surface area contributed by atoms with Crippen LogP contribution in [-0.4, -0.2) is 52.2 Å². The molecule has 6 nitrogen and oxygen atoms in total. The van der Waals surface area contributed by atoms with Crippen molar-refractivity contribution in [3.63, 3.8) is 0 Å².